The van der Waals surface area contributed by atoms with Crippen LogP contribution in [0, 0.1) is 0 Å². The van der Waals surface area contributed by atoms with E-state index in [0.29, 0.717) is 6.04 Å². The minimum absolute atomic E-state index is 0.182. The molecule has 0 amide bonds. The van der Waals surface area contributed by atoms with Gasteiger partial charge in [-0.05, 0) is 19.3 Å². The number of halogens is 1. The first-order chi connectivity index (χ1) is 4.88. The van der Waals surface area contributed by atoms with E-state index in [-0.39, 0.29) is 13.4 Å². The number of aliphatic hydroxyl groups excluding tert-OH is 1. The monoisotopic (exact) mass is 147 g/mol. The van der Waals surface area contributed by atoms with Gasteiger partial charge < -0.3 is 5.11 Å². The zero-order valence-corrected chi connectivity index (χ0v) is 6.09. The van der Waals surface area contributed by atoms with E-state index in [1.807, 2.05) is 0 Å². The smallest absolute Gasteiger partial charge is 0.143 e. The highest BCUT2D eigenvalue weighted by Gasteiger charge is 2.22. The average molecular weight is 147 g/mol. The molecule has 1 N–H and O–H groups in total. The second-order valence-electron chi connectivity index (χ2n) is 2.74. The number of alkyl halides is 1. The van der Waals surface area contributed by atoms with Crippen LogP contribution in [0.4, 0.5) is 4.39 Å². The number of rotatable bonds is 3. The lowest BCUT2D eigenvalue weighted by molar-refractivity contribution is 0.144. The summed E-state index contributed by atoms with van der Waals surface area (Å²) in [5, 5.41) is 8.59. The van der Waals surface area contributed by atoms with Gasteiger partial charge in [0.25, 0.3) is 0 Å². The second-order valence-corrected chi connectivity index (χ2v) is 2.74. The molecule has 1 saturated heterocycles. The SMILES string of the molecule is OCC[C@@H]1CCCN1CF. The third-order valence-electron chi connectivity index (χ3n) is 2.11. The van der Waals surface area contributed by atoms with Crippen molar-refractivity contribution in [1.29, 1.82) is 0 Å². The lowest BCUT2D eigenvalue weighted by atomic mass is 10.2. The Labute approximate surface area is 60.6 Å². The number of hydrogen-bond acceptors (Lipinski definition) is 2. The molecule has 0 aromatic rings. The summed E-state index contributed by atoms with van der Waals surface area (Å²) in [5.41, 5.74) is 0. The van der Waals surface area contributed by atoms with Gasteiger partial charge >= 0.3 is 0 Å². The molecule has 0 aromatic carbocycles. The van der Waals surface area contributed by atoms with Gasteiger partial charge in [-0.1, -0.05) is 0 Å². The van der Waals surface area contributed by atoms with Crippen molar-refractivity contribution in [3.05, 3.63) is 0 Å². The predicted molar refractivity (Wildman–Crippen MR) is 37.4 cm³/mol. The molecule has 1 rings (SSSR count). The van der Waals surface area contributed by atoms with Gasteiger partial charge in [0.2, 0.25) is 0 Å². The van der Waals surface area contributed by atoms with Gasteiger partial charge in [-0.15, -0.1) is 0 Å². The van der Waals surface area contributed by atoms with E-state index in [4.69, 9.17) is 5.11 Å². The standard InChI is InChI=1S/C7H14FNO/c8-6-9-4-1-2-7(9)3-5-10/h7,10H,1-6H2/t7-/m0/s1. The minimum Gasteiger partial charge on any atom is -0.396 e. The van der Waals surface area contributed by atoms with Gasteiger partial charge in [-0.25, -0.2) is 4.39 Å². The zero-order valence-electron chi connectivity index (χ0n) is 6.09. The molecule has 1 heterocycles. The predicted octanol–water partition coefficient (Wildman–Crippen LogP) is 0.760. The first-order valence-corrected chi connectivity index (χ1v) is 3.79. The number of nitrogens with zero attached hydrogens (tertiary/aromatic N) is 1. The molecule has 0 unspecified atom stereocenters. The summed E-state index contributed by atoms with van der Waals surface area (Å²) in [6.45, 7) is 0.688. The molecular formula is C7H14FNO. The molecule has 1 atom stereocenters. The van der Waals surface area contributed by atoms with Gasteiger partial charge in [-0.3, -0.25) is 4.90 Å². The Balaban J connectivity index is 2.27. The molecular weight excluding hydrogens is 133 g/mol. The van der Waals surface area contributed by atoms with Crippen molar-refractivity contribution in [3.8, 4) is 0 Å². The second kappa shape index (κ2) is 3.88. The highest BCUT2D eigenvalue weighted by molar-refractivity contribution is 4.76. The summed E-state index contributed by atoms with van der Waals surface area (Å²) in [5.74, 6) is 0. The number of aliphatic hydroxyl groups is 1. The highest BCUT2D eigenvalue weighted by Crippen LogP contribution is 2.18. The van der Waals surface area contributed by atoms with E-state index in [2.05, 4.69) is 0 Å². The van der Waals surface area contributed by atoms with Crippen LogP contribution >= 0.6 is 0 Å². The lowest BCUT2D eigenvalue weighted by Crippen LogP contribution is -2.29. The normalized spacial score (nSPS) is 27.6. The van der Waals surface area contributed by atoms with Crippen LogP contribution in [0.1, 0.15) is 19.3 Å². The van der Waals surface area contributed by atoms with Gasteiger partial charge in [0, 0.05) is 19.2 Å². The van der Waals surface area contributed by atoms with E-state index in [9.17, 15) is 4.39 Å². The molecule has 10 heavy (non-hydrogen) atoms. The Kier molecular flexibility index (Phi) is 3.09. The molecule has 1 aliphatic heterocycles. The fourth-order valence-corrected chi connectivity index (χ4v) is 1.53. The number of hydrogen-bond donors (Lipinski definition) is 1. The summed E-state index contributed by atoms with van der Waals surface area (Å²) >= 11 is 0. The van der Waals surface area contributed by atoms with Gasteiger partial charge in [0.15, 0.2) is 0 Å². The van der Waals surface area contributed by atoms with E-state index < -0.39 is 0 Å². The van der Waals surface area contributed by atoms with Gasteiger partial charge in [-0.2, -0.15) is 0 Å². The molecule has 1 fully saturated rings. The largest absolute Gasteiger partial charge is 0.396 e. The topological polar surface area (TPSA) is 23.5 Å². The van der Waals surface area contributed by atoms with Crippen LogP contribution in [-0.2, 0) is 0 Å². The van der Waals surface area contributed by atoms with E-state index in [1.165, 1.54) is 0 Å². The average Bonchev–Trinajstić information content (AvgIpc) is 2.36. The zero-order chi connectivity index (χ0) is 7.40. The van der Waals surface area contributed by atoms with Crippen molar-refractivity contribution in [3.63, 3.8) is 0 Å². The first-order valence-electron chi connectivity index (χ1n) is 3.79. The fraction of sp³-hybridized carbons (Fsp3) is 1.00. The highest BCUT2D eigenvalue weighted by atomic mass is 19.1. The molecule has 0 radical (unpaired) electrons. The Bertz CT molecular complexity index is 99.6. The van der Waals surface area contributed by atoms with E-state index in [1.54, 1.807) is 4.90 Å². The lowest BCUT2D eigenvalue weighted by Gasteiger charge is -2.19. The molecule has 60 valence electrons. The summed E-state index contributed by atoms with van der Waals surface area (Å²) in [6, 6.07) is 0.301. The molecule has 2 nitrogen and oxygen atoms in total. The molecule has 0 bridgehead atoms. The van der Waals surface area contributed by atoms with E-state index in [0.717, 1.165) is 25.8 Å². The van der Waals surface area contributed by atoms with Crippen molar-refractivity contribution >= 4 is 0 Å². The Morgan fingerprint density at radius 2 is 2.40 bits per heavy atom. The maximum atomic E-state index is 12.1. The molecule has 3 heteroatoms. The summed E-state index contributed by atoms with van der Waals surface area (Å²) in [4.78, 5) is 1.79. The summed E-state index contributed by atoms with van der Waals surface area (Å²) in [6.07, 6.45) is 2.85. The van der Waals surface area contributed by atoms with Crippen LogP contribution in [-0.4, -0.2) is 36.0 Å². The molecule has 1 aliphatic rings. The summed E-state index contributed by atoms with van der Waals surface area (Å²) < 4.78 is 12.1. The quantitative estimate of drug-likeness (QED) is 0.596. The summed E-state index contributed by atoms with van der Waals surface area (Å²) in [7, 11) is 0. The van der Waals surface area contributed by atoms with Crippen LogP contribution < -0.4 is 0 Å². The maximum absolute atomic E-state index is 12.1. The van der Waals surface area contributed by atoms with Crippen LogP contribution in [0.15, 0.2) is 0 Å². The van der Waals surface area contributed by atoms with E-state index >= 15 is 0 Å². The Morgan fingerprint density at radius 3 is 3.00 bits per heavy atom. The molecule has 0 aromatic heterocycles. The molecule has 0 spiro atoms. The maximum Gasteiger partial charge on any atom is 0.143 e. The van der Waals surface area contributed by atoms with Gasteiger partial charge in [0.1, 0.15) is 6.80 Å². The minimum atomic E-state index is -0.356. The first kappa shape index (κ1) is 7.95. The molecule has 0 aliphatic carbocycles. The Morgan fingerprint density at radius 1 is 1.60 bits per heavy atom. The van der Waals surface area contributed by atoms with Crippen molar-refractivity contribution in [2.24, 2.45) is 0 Å². The van der Waals surface area contributed by atoms with Crippen LogP contribution in [0.2, 0.25) is 0 Å². The van der Waals surface area contributed by atoms with Crippen LogP contribution in [0.3, 0.4) is 0 Å². The molecule has 0 saturated carbocycles. The van der Waals surface area contributed by atoms with Crippen molar-refractivity contribution < 1.29 is 9.50 Å². The van der Waals surface area contributed by atoms with Gasteiger partial charge in [0.05, 0.1) is 0 Å². The Hall–Kier alpha value is -0.150. The van der Waals surface area contributed by atoms with Crippen molar-refractivity contribution in [2.75, 3.05) is 20.0 Å². The van der Waals surface area contributed by atoms with Crippen LogP contribution in [0.25, 0.3) is 0 Å². The van der Waals surface area contributed by atoms with Crippen molar-refractivity contribution in [2.45, 2.75) is 25.3 Å². The van der Waals surface area contributed by atoms with Crippen LogP contribution in [0.5, 0.6) is 0 Å². The number of likely N-dealkylation sites (tertiary alicyclic amines) is 1. The van der Waals surface area contributed by atoms with Crippen molar-refractivity contribution in [1.82, 2.24) is 4.90 Å². The third-order valence-corrected chi connectivity index (χ3v) is 2.11. The fourth-order valence-electron chi connectivity index (χ4n) is 1.53. The third kappa shape index (κ3) is 1.67.